The number of aliphatic hydroxyl groups is 2. The Morgan fingerprint density at radius 3 is 2.73 bits per heavy atom. The molecule has 2 atom stereocenters. The molecule has 3 nitrogen and oxygen atoms in total. The van der Waals surface area contributed by atoms with Gasteiger partial charge in [-0.05, 0) is 37.8 Å². The lowest BCUT2D eigenvalue weighted by molar-refractivity contribution is 0.00111. The highest BCUT2D eigenvalue weighted by Gasteiger charge is 2.20. The van der Waals surface area contributed by atoms with Gasteiger partial charge >= 0.3 is 0 Å². The van der Waals surface area contributed by atoms with Gasteiger partial charge in [0.05, 0.1) is 12.2 Å². The number of rotatable bonds is 5. The molecule has 15 heavy (non-hydrogen) atoms. The van der Waals surface area contributed by atoms with Gasteiger partial charge in [0.25, 0.3) is 0 Å². The minimum Gasteiger partial charge on any atom is -0.393 e. The molecule has 0 aliphatic rings. The molecule has 0 aliphatic heterocycles. The number of hydrogen-bond donors (Lipinski definition) is 3. The van der Waals surface area contributed by atoms with Crippen LogP contribution in [0.4, 0.5) is 0 Å². The highest BCUT2D eigenvalue weighted by Crippen LogP contribution is 2.23. The first-order valence-corrected chi connectivity index (χ1v) is 5.95. The van der Waals surface area contributed by atoms with Gasteiger partial charge in [-0.25, -0.2) is 0 Å². The van der Waals surface area contributed by atoms with Crippen LogP contribution in [-0.4, -0.2) is 29.0 Å². The molecule has 0 radical (unpaired) electrons. The third-order valence-corrected chi connectivity index (χ3v) is 3.63. The number of hydrogen-bond acceptors (Lipinski definition) is 4. The minimum absolute atomic E-state index is 0.211. The molecule has 0 amide bonds. The molecule has 1 rings (SSSR count). The Morgan fingerprint density at radius 1 is 1.60 bits per heavy atom. The van der Waals surface area contributed by atoms with E-state index in [0.29, 0.717) is 6.54 Å². The lowest BCUT2D eigenvalue weighted by Crippen LogP contribution is -2.41. The molecule has 1 aromatic rings. The van der Waals surface area contributed by atoms with E-state index in [4.69, 9.17) is 5.11 Å². The lowest BCUT2D eigenvalue weighted by Gasteiger charge is -2.23. The normalized spacial score (nSPS) is 17.4. The van der Waals surface area contributed by atoms with Gasteiger partial charge in [0.15, 0.2) is 0 Å². The fraction of sp³-hybridized carbons (Fsp3) is 0.636. The summed E-state index contributed by atoms with van der Waals surface area (Å²) in [5.41, 5.74) is 0.225. The molecule has 86 valence electrons. The van der Waals surface area contributed by atoms with Crippen LogP contribution in [0, 0.1) is 6.92 Å². The second-order valence-corrected chi connectivity index (χ2v) is 5.17. The summed E-state index contributed by atoms with van der Waals surface area (Å²) in [5.74, 6) is 0. The van der Waals surface area contributed by atoms with Gasteiger partial charge in [-0.15, -0.1) is 11.3 Å². The number of aryl methyl sites for hydroxylation is 1. The zero-order valence-electron chi connectivity index (χ0n) is 9.45. The van der Waals surface area contributed by atoms with Crippen molar-refractivity contribution in [2.75, 3.05) is 13.2 Å². The van der Waals surface area contributed by atoms with Crippen LogP contribution in [0.25, 0.3) is 0 Å². The van der Waals surface area contributed by atoms with Gasteiger partial charge in [-0.1, -0.05) is 0 Å². The Balaban J connectivity index is 2.50. The van der Waals surface area contributed by atoms with Gasteiger partial charge < -0.3 is 15.5 Å². The van der Waals surface area contributed by atoms with E-state index in [0.717, 1.165) is 0 Å². The van der Waals surface area contributed by atoms with Crippen molar-refractivity contribution in [1.82, 2.24) is 5.32 Å². The SMILES string of the molecule is Cc1ccsc1C(C)NCC(C)(O)CO. The van der Waals surface area contributed by atoms with Gasteiger partial charge in [0.1, 0.15) is 0 Å². The molecular formula is C11H19NO2S. The van der Waals surface area contributed by atoms with Crippen LogP contribution in [0.2, 0.25) is 0 Å². The van der Waals surface area contributed by atoms with E-state index in [1.54, 1.807) is 18.3 Å². The quantitative estimate of drug-likeness (QED) is 0.716. The molecule has 0 aliphatic carbocycles. The summed E-state index contributed by atoms with van der Waals surface area (Å²) in [4.78, 5) is 1.28. The van der Waals surface area contributed by atoms with Crippen molar-refractivity contribution in [1.29, 1.82) is 0 Å². The van der Waals surface area contributed by atoms with Crippen molar-refractivity contribution in [3.63, 3.8) is 0 Å². The molecule has 0 saturated carbocycles. The first-order chi connectivity index (χ1) is 6.96. The fourth-order valence-corrected chi connectivity index (χ4v) is 2.31. The van der Waals surface area contributed by atoms with E-state index >= 15 is 0 Å². The van der Waals surface area contributed by atoms with Crippen molar-refractivity contribution in [3.8, 4) is 0 Å². The van der Waals surface area contributed by atoms with E-state index in [1.807, 2.05) is 0 Å². The van der Waals surface area contributed by atoms with Crippen LogP contribution in [0.15, 0.2) is 11.4 Å². The second kappa shape index (κ2) is 5.07. The van der Waals surface area contributed by atoms with E-state index in [9.17, 15) is 5.11 Å². The number of aliphatic hydroxyl groups excluding tert-OH is 1. The Morgan fingerprint density at radius 2 is 2.27 bits per heavy atom. The van der Waals surface area contributed by atoms with Gasteiger partial charge in [0, 0.05) is 17.5 Å². The zero-order valence-corrected chi connectivity index (χ0v) is 10.3. The molecule has 1 aromatic heterocycles. The molecular weight excluding hydrogens is 210 g/mol. The molecule has 0 bridgehead atoms. The Labute approximate surface area is 94.8 Å². The summed E-state index contributed by atoms with van der Waals surface area (Å²) >= 11 is 1.71. The average Bonchev–Trinajstić information content (AvgIpc) is 2.61. The van der Waals surface area contributed by atoms with Gasteiger partial charge in [-0.3, -0.25) is 0 Å². The van der Waals surface area contributed by atoms with Crippen LogP contribution in [0.3, 0.4) is 0 Å². The molecule has 1 heterocycles. The van der Waals surface area contributed by atoms with Crippen LogP contribution in [0.1, 0.15) is 30.3 Å². The lowest BCUT2D eigenvalue weighted by atomic mass is 10.1. The third-order valence-electron chi connectivity index (χ3n) is 2.42. The second-order valence-electron chi connectivity index (χ2n) is 4.23. The first-order valence-electron chi connectivity index (χ1n) is 5.07. The van der Waals surface area contributed by atoms with Crippen LogP contribution >= 0.6 is 11.3 Å². The Bertz CT molecular complexity index is 309. The number of nitrogens with one attached hydrogen (secondary N) is 1. The van der Waals surface area contributed by atoms with E-state index < -0.39 is 5.60 Å². The smallest absolute Gasteiger partial charge is 0.0973 e. The van der Waals surface area contributed by atoms with Gasteiger partial charge in [-0.2, -0.15) is 0 Å². The monoisotopic (exact) mass is 229 g/mol. The average molecular weight is 229 g/mol. The maximum atomic E-state index is 9.63. The summed E-state index contributed by atoms with van der Waals surface area (Å²) in [6.07, 6.45) is 0. The fourth-order valence-electron chi connectivity index (χ4n) is 1.35. The molecule has 0 aromatic carbocycles. The van der Waals surface area contributed by atoms with Gasteiger partial charge in [0.2, 0.25) is 0 Å². The summed E-state index contributed by atoms with van der Waals surface area (Å²) < 4.78 is 0. The van der Waals surface area contributed by atoms with Crippen LogP contribution < -0.4 is 5.32 Å². The largest absolute Gasteiger partial charge is 0.393 e. The van der Waals surface area contributed by atoms with E-state index in [1.165, 1.54) is 10.4 Å². The summed E-state index contributed by atoms with van der Waals surface area (Å²) in [6, 6.07) is 2.30. The molecule has 0 saturated heterocycles. The van der Waals surface area contributed by atoms with Crippen molar-refractivity contribution in [2.45, 2.75) is 32.4 Å². The predicted octanol–water partition coefficient (Wildman–Crippen LogP) is 1.45. The van der Waals surface area contributed by atoms with Crippen molar-refractivity contribution < 1.29 is 10.2 Å². The molecule has 4 heteroatoms. The van der Waals surface area contributed by atoms with Crippen LogP contribution in [0.5, 0.6) is 0 Å². The summed E-state index contributed by atoms with van der Waals surface area (Å²) in [6.45, 7) is 5.92. The van der Waals surface area contributed by atoms with Crippen molar-refractivity contribution in [2.24, 2.45) is 0 Å². The molecule has 2 unspecified atom stereocenters. The highest BCUT2D eigenvalue weighted by atomic mass is 32.1. The minimum atomic E-state index is -1.04. The maximum absolute atomic E-state index is 9.63. The summed E-state index contributed by atoms with van der Waals surface area (Å²) in [7, 11) is 0. The topological polar surface area (TPSA) is 52.5 Å². The molecule has 0 spiro atoms. The Kier molecular flexibility index (Phi) is 4.28. The predicted molar refractivity (Wildman–Crippen MR) is 63.2 cm³/mol. The molecule has 0 fully saturated rings. The third kappa shape index (κ3) is 3.57. The van der Waals surface area contributed by atoms with Crippen molar-refractivity contribution >= 4 is 11.3 Å². The Hall–Kier alpha value is -0.420. The first kappa shape index (κ1) is 12.6. The maximum Gasteiger partial charge on any atom is 0.0973 e. The standard InChI is InChI=1S/C11H19NO2S/c1-8-4-5-15-10(8)9(2)12-6-11(3,14)7-13/h4-5,9,12-14H,6-7H2,1-3H3. The van der Waals surface area contributed by atoms with E-state index in [2.05, 4.69) is 30.6 Å². The van der Waals surface area contributed by atoms with Crippen molar-refractivity contribution in [3.05, 3.63) is 21.9 Å². The molecule has 3 N–H and O–H groups in total. The van der Waals surface area contributed by atoms with E-state index in [-0.39, 0.29) is 12.6 Å². The number of thiophene rings is 1. The summed E-state index contributed by atoms with van der Waals surface area (Å²) in [5, 5.41) is 23.8. The van der Waals surface area contributed by atoms with Crippen LogP contribution in [-0.2, 0) is 0 Å². The highest BCUT2D eigenvalue weighted by molar-refractivity contribution is 7.10. The zero-order chi connectivity index (χ0) is 11.5.